The fourth-order valence-electron chi connectivity index (χ4n) is 9.58. The van der Waals surface area contributed by atoms with Crippen LogP contribution in [0.1, 0.15) is 244 Å². The van der Waals surface area contributed by atoms with Gasteiger partial charge < -0.3 is 0 Å². The molecule has 3 aromatic heterocycles. The Balaban J connectivity index is 1.46. The first kappa shape index (κ1) is 53.4. The molecule has 0 amide bonds. The number of thiophene rings is 2. The van der Waals surface area contributed by atoms with Crippen molar-refractivity contribution in [2.45, 2.75) is 246 Å². The second-order valence-corrected chi connectivity index (χ2v) is 22.7. The van der Waals surface area contributed by atoms with E-state index in [1.807, 2.05) is 0 Å². The third-order valence-corrected chi connectivity index (χ3v) is 16.9. The number of fused-ring (bicyclic) bond motifs is 1. The highest BCUT2D eigenvalue weighted by Crippen LogP contribution is 2.45. The molecule has 0 bridgehead atoms. The van der Waals surface area contributed by atoms with Gasteiger partial charge in [0.05, 0.1) is 26.6 Å². The van der Waals surface area contributed by atoms with E-state index in [4.69, 9.17) is 0 Å². The highest BCUT2D eigenvalue weighted by atomic mass is 79.9. The van der Waals surface area contributed by atoms with E-state index in [9.17, 15) is 0 Å². The molecule has 0 aliphatic rings. The Labute approximate surface area is 399 Å². The van der Waals surface area contributed by atoms with Gasteiger partial charge in [0, 0.05) is 9.75 Å². The molecular formula is C54H85BrF2N2S3. The Morgan fingerprint density at radius 2 is 0.855 bits per heavy atom. The topological polar surface area (TPSA) is 25.8 Å². The van der Waals surface area contributed by atoms with Crippen LogP contribution in [0, 0.1) is 23.5 Å². The molecule has 8 heteroatoms. The van der Waals surface area contributed by atoms with E-state index in [2.05, 4.69) is 69.9 Å². The van der Waals surface area contributed by atoms with Crippen molar-refractivity contribution in [2.75, 3.05) is 0 Å². The zero-order valence-electron chi connectivity index (χ0n) is 39.7. The van der Waals surface area contributed by atoms with E-state index in [0.717, 1.165) is 38.1 Å². The van der Waals surface area contributed by atoms with Crippen LogP contribution in [-0.4, -0.2) is 8.75 Å². The molecule has 3 heterocycles. The van der Waals surface area contributed by atoms with E-state index in [1.165, 1.54) is 239 Å². The minimum atomic E-state index is -0.798. The molecule has 2 nitrogen and oxygen atoms in total. The van der Waals surface area contributed by atoms with Gasteiger partial charge in [-0.2, -0.15) is 8.75 Å². The van der Waals surface area contributed by atoms with Crippen LogP contribution in [0.15, 0.2) is 21.3 Å². The minimum Gasteiger partial charge on any atom is -0.203 e. The van der Waals surface area contributed by atoms with Gasteiger partial charge in [0.2, 0.25) is 0 Å². The van der Waals surface area contributed by atoms with Crippen LogP contribution in [0.3, 0.4) is 0 Å². The van der Waals surface area contributed by atoms with Crippen molar-refractivity contribution in [1.82, 2.24) is 8.75 Å². The second kappa shape index (κ2) is 32.5. The lowest BCUT2D eigenvalue weighted by Crippen LogP contribution is -2.05. The summed E-state index contributed by atoms with van der Waals surface area (Å²) in [6, 6.07) is 4.24. The first-order valence-corrected chi connectivity index (χ1v) is 29.1. The molecule has 0 spiro atoms. The lowest BCUT2D eigenvalue weighted by molar-refractivity contribution is 0.400. The van der Waals surface area contributed by atoms with Crippen molar-refractivity contribution in [3.63, 3.8) is 0 Å². The van der Waals surface area contributed by atoms with Crippen molar-refractivity contribution in [2.24, 2.45) is 11.8 Å². The molecular weight excluding hydrogens is 891 g/mol. The van der Waals surface area contributed by atoms with Crippen LogP contribution in [0.2, 0.25) is 0 Å². The van der Waals surface area contributed by atoms with Gasteiger partial charge in [-0.1, -0.05) is 233 Å². The van der Waals surface area contributed by atoms with Crippen molar-refractivity contribution >= 4 is 61.4 Å². The number of nitrogens with zero attached hydrogens (tertiary/aromatic N) is 2. The molecule has 0 aliphatic heterocycles. The molecule has 2 atom stereocenters. The van der Waals surface area contributed by atoms with Gasteiger partial charge in [-0.3, -0.25) is 0 Å². The summed E-state index contributed by atoms with van der Waals surface area (Å²) in [6.45, 7) is 9.13. The summed E-state index contributed by atoms with van der Waals surface area (Å²) in [4.78, 5) is 1.50. The molecule has 0 saturated heterocycles. The van der Waals surface area contributed by atoms with Crippen molar-refractivity contribution in [3.05, 3.63) is 44.1 Å². The molecule has 62 heavy (non-hydrogen) atoms. The zero-order valence-corrected chi connectivity index (χ0v) is 43.7. The predicted molar refractivity (Wildman–Crippen MR) is 276 cm³/mol. The monoisotopic (exact) mass is 975 g/mol. The standard InChI is InChI=1S/C54H85BrF2N2S3/c1-5-9-13-17-21-23-27-30-34-42(33-29-25-19-15-11-7-3)37-44-39-46(60-41-44)48-50(56)51(57)49(53-52(48)58-62-59-53)47-40-45(54(55)61-47)38-43(35-31-26-20-16-12-8-4)36-32-28-24-22-18-14-10-6-2/h39-43H,5-38H2,1-4H3. The number of benzene rings is 1. The lowest BCUT2D eigenvalue weighted by Gasteiger charge is -2.17. The number of halogens is 3. The molecule has 4 aromatic rings. The highest BCUT2D eigenvalue weighted by molar-refractivity contribution is 9.11. The summed E-state index contributed by atoms with van der Waals surface area (Å²) in [5.74, 6) is -0.360. The largest absolute Gasteiger partial charge is 0.203 e. The first-order chi connectivity index (χ1) is 30.4. The summed E-state index contributed by atoms with van der Waals surface area (Å²) in [5, 5.41) is 2.19. The Morgan fingerprint density at radius 1 is 0.484 bits per heavy atom. The number of unbranched alkanes of at least 4 members (excludes halogenated alkanes) is 24. The van der Waals surface area contributed by atoms with Gasteiger partial charge in [-0.15, -0.1) is 22.7 Å². The minimum absolute atomic E-state index is 0.267. The lowest BCUT2D eigenvalue weighted by atomic mass is 9.89. The maximum Gasteiger partial charge on any atom is 0.170 e. The quantitative estimate of drug-likeness (QED) is 0.0418. The Hall–Kier alpha value is -1.22. The average molecular weight is 976 g/mol. The van der Waals surface area contributed by atoms with Crippen LogP contribution in [0.4, 0.5) is 8.78 Å². The van der Waals surface area contributed by atoms with Crippen molar-refractivity contribution < 1.29 is 8.78 Å². The summed E-state index contributed by atoms with van der Waals surface area (Å²) in [5.41, 5.74) is 3.98. The molecule has 0 radical (unpaired) electrons. The first-order valence-electron chi connectivity index (χ1n) is 25.9. The number of rotatable bonds is 38. The van der Waals surface area contributed by atoms with Gasteiger partial charge in [0.25, 0.3) is 0 Å². The van der Waals surface area contributed by atoms with Gasteiger partial charge in [0.15, 0.2) is 11.6 Å². The molecule has 1 aromatic carbocycles. The Morgan fingerprint density at radius 3 is 1.27 bits per heavy atom. The van der Waals surface area contributed by atoms with Gasteiger partial charge in [0.1, 0.15) is 11.0 Å². The fourth-order valence-corrected chi connectivity index (χ4v) is 12.9. The maximum atomic E-state index is 16.6. The normalized spacial score (nSPS) is 12.9. The van der Waals surface area contributed by atoms with Crippen LogP contribution >= 0.6 is 50.3 Å². The second-order valence-electron chi connectivity index (χ2n) is 18.8. The molecule has 0 N–H and O–H groups in total. The van der Waals surface area contributed by atoms with Crippen molar-refractivity contribution in [3.8, 4) is 20.9 Å². The molecule has 2 unspecified atom stereocenters. The van der Waals surface area contributed by atoms with E-state index < -0.39 is 11.6 Å². The Kier molecular flexibility index (Phi) is 27.9. The number of aromatic nitrogens is 2. The van der Waals surface area contributed by atoms with Gasteiger partial charge in [-0.05, 0) is 69.2 Å². The van der Waals surface area contributed by atoms with Crippen molar-refractivity contribution in [1.29, 1.82) is 0 Å². The third kappa shape index (κ3) is 18.9. The molecule has 0 aliphatic carbocycles. The van der Waals surface area contributed by atoms with Gasteiger partial charge in [-0.25, -0.2) is 8.78 Å². The molecule has 0 fully saturated rings. The summed E-state index contributed by atoms with van der Waals surface area (Å²) >= 11 is 7.99. The molecule has 350 valence electrons. The summed E-state index contributed by atoms with van der Waals surface area (Å²) < 4.78 is 43.5. The van der Waals surface area contributed by atoms with E-state index in [1.54, 1.807) is 0 Å². The number of hydrogen-bond donors (Lipinski definition) is 0. The van der Waals surface area contributed by atoms with Crippen LogP contribution in [-0.2, 0) is 12.8 Å². The molecule has 4 rings (SSSR count). The van der Waals surface area contributed by atoms with Crippen LogP contribution in [0.25, 0.3) is 31.9 Å². The van der Waals surface area contributed by atoms with E-state index >= 15 is 8.78 Å². The zero-order chi connectivity index (χ0) is 44.2. The SMILES string of the molecule is CCCCCCCCCCC(CCCCCCCC)Cc1csc(-c2c(F)c(F)c(-c3cc(CC(CCCCCCCC)CCCCCCCCCC)c(Br)s3)c3nsnc23)c1. The molecule has 0 saturated carbocycles. The maximum absolute atomic E-state index is 16.6. The fraction of sp³-hybridized carbons (Fsp3) is 0.741. The highest BCUT2D eigenvalue weighted by Gasteiger charge is 2.28. The van der Waals surface area contributed by atoms with Crippen LogP contribution < -0.4 is 0 Å². The van der Waals surface area contributed by atoms with Gasteiger partial charge >= 0.3 is 0 Å². The van der Waals surface area contributed by atoms with E-state index in [-0.39, 0.29) is 11.1 Å². The Bertz CT molecular complexity index is 1750. The summed E-state index contributed by atoms with van der Waals surface area (Å²) in [6.07, 6.45) is 44.1. The smallest absolute Gasteiger partial charge is 0.170 e. The van der Waals surface area contributed by atoms with Crippen LogP contribution in [0.5, 0.6) is 0 Å². The van der Waals surface area contributed by atoms with E-state index in [0.29, 0.717) is 22.9 Å². The third-order valence-electron chi connectivity index (χ3n) is 13.4. The summed E-state index contributed by atoms with van der Waals surface area (Å²) in [7, 11) is 0. The number of hydrogen-bond acceptors (Lipinski definition) is 5. The predicted octanol–water partition coefficient (Wildman–Crippen LogP) is 21.1. The average Bonchev–Trinajstić information content (AvgIpc) is 4.03.